The van der Waals surface area contributed by atoms with E-state index in [9.17, 15) is 9.59 Å². The van der Waals surface area contributed by atoms with Crippen molar-refractivity contribution < 1.29 is 4.79 Å². The first-order valence-electron chi connectivity index (χ1n) is 5.89. The molecule has 0 bridgehead atoms. The number of amides is 1. The van der Waals surface area contributed by atoms with E-state index < -0.39 is 5.69 Å². The van der Waals surface area contributed by atoms with Gasteiger partial charge in [-0.2, -0.15) is 9.67 Å². The molecule has 0 N–H and O–H groups in total. The van der Waals surface area contributed by atoms with Gasteiger partial charge in [0.25, 0.3) is 0 Å². The second-order valence-electron chi connectivity index (χ2n) is 4.21. The van der Waals surface area contributed by atoms with Gasteiger partial charge in [-0.15, -0.1) is 6.58 Å². The molecule has 0 saturated carbocycles. The molecule has 6 nitrogen and oxygen atoms in total. The number of fused-ring (bicyclic) bond motifs is 1. The highest BCUT2D eigenvalue weighted by Crippen LogP contribution is 2.21. The Morgan fingerprint density at radius 3 is 2.63 bits per heavy atom. The van der Waals surface area contributed by atoms with E-state index in [4.69, 9.17) is 0 Å². The number of nitrogens with zero attached hydrogens (tertiary/aromatic N) is 4. The molecule has 0 fully saturated rings. The number of para-hydroxylation sites is 1. The highest BCUT2D eigenvalue weighted by molar-refractivity contribution is 5.95. The summed E-state index contributed by atoms with van der Waals surface area (Å²) in [5, 5.41) is 4.14. The van der Waals surface area contributed by atoms with Crippen LogP contribution in [0.4, 0.5) is 10.5 Å². The lowest BCUT2D eigenvalue weighted by atomic mass is 10.3. The first-order valence-corrected chi connectivity index (χ1v) is 5.89. The molecule has 0 spiro atoms. The monoisotopic (exact) mass is 256 g/mol. The molecule has 0 atom stereocenters. The minimum absolute atomic E-state index is 0.303. The third-order valence-electron chi connectivity index (χ3n) is 3.00. The van der Waals surface area contributed by atoms with Crippen molar-refractivity contribution in [2.24, 2.45) is 0 Å². The molecule has 1 aliphatic heterocycles. The Hall–Kier alpha value is -2.63. The molecule has 96 valence electrons. The Morgan fingerprint density at radius 1 is 1.26 bits per heavy atom. The Kier molecular flexibility index (Phi) is 2.56. The first kappa shape index (κ1) is 11.5. The number of benzene rings is 1. The van der Waals surface area contributed by atoms with Crippen LogP contribution in [0.25, 0.3) is 0 Å². The molecule has 19 heavy (non-hydrogen) atoms. The standard InChI is InChI=1S/C13H12N4O2/c1-2-8-16-13(19)17-11(14-16)9-15(12(17)18)10-6-4-3-5-7-10/h2-7H,1,8-9H2. The zero-order chi connectivity index (χ0) is 13.4. The number of rotatable bonds is 3. The summed E-state index contributed by atoms with van der Waals surface area (Å²) >= 11 is 0. The van der Waals surface area contributed by atoms with E-state index in [0.29, 0.717) is 18.9 Å². The van der Waals surface area contributed by atoms with Crippen molar-refractivity contribution in [1.29, 1.82) is 0 Å². The predicted molar refractivity (Wildman–Crippen MR) is 70.1 cm³/mol. The molecule has 0 radical (unpaired) electrons. The summed E-state index contributed by atoms with van der Waals surface area (Å²) in [5.41, 5.74) is 0.339. The maximum atomic E-state index is 12.2. The van der Waals surface area contributed by atoms with Crippen LogP contribution in [0.3, 0.4) is 0 Å². The molecule has 1 aromatic heterocycles. The van der Waals surface area contributed by atoms with Crippen LogP contribution in [-0.4, -0.2) is 20.4 Å². The highest BCUT2D eigenvalue weighted by Gasteiger charge is 2.32. The van der Waals surface area contributed by atoms with Gasteiger partial charge in [-0.05, 0) is 12.1 Å². The van der Waals surface area contributed by atoms with Crippen LogP contribution >= 0.6 is 0 Å². The van der Waals surface area contributed by atoms with E-state index in [0.717, 1.165) is 10.3 Å². The van der Waals surface area contributed by atoms with Crippen LogP contribution in [0.5, 0.6) is 0 Å². The number of carbonyl (C=O) groups excluding carboxylic acids is 1. The molecule has 1 amide bonds. The normalized spacial score (nSPS) is 13.7. The Balaban J connectivity index is 2.00. The molecule has 0 saturated heterocycles. The quantitative estimate of drug-likeness (QED) is 0.776. The van der Waals surface area contributed by atoms with Crippen molar-refractivity contribution in [2.75, 3.05) is 4.90 Å². The van der Waals surface area contributed by atoms with Gasteiger partial charge in [0.1, 0.15) is 0 Å². The summed E-state index contributed by atoms with van der Waals surface area (Å²) in [5.74, 6) is 0.459. The second kappa shape index (κ2) is 4.24. The minimum Gasteiger partial charge on any atom is -0.286 e. The fourth-order valence-electron chi connectivity index (χ4n) is 2.13. The summed E-state index contributed by atoms with van der Waals surface area (Å²) in [6, 6.07) is 8.86. The first-order chi connectivity index (χ1) is 9.22. The molecule has 2 aromatic rings. The van der Waals surface area contributed by atoms with E-state index in [1.807, 2.05) is 30.3 Å². The smallest absolute Gasteiger partial charge is 0.286 e. The van der Waals surface area contributed by atoms with Crippen LogP contribution in [0.15, 0.2) is 47.8 Å². The average Bonchev–Trinajstić information content (AvgIpc) is 2.90. The highest BCUT2D eigenvalue weighted by atomic mass is 16.2. The van der Waals surface area contributed by atoms with Gasteiger partial charge < -0.3 is 0 Å². The summed E-state index contributed by atoms with van der Waals surface area (Å²) in [6.45, 7) is 4.17. The van der Waals surface area contributed by atoms with Gasteiger partial charge in [0, 0.05) is 5.69 Å². The molecular weight excluding hydrogens is 244 g/mol. The Bertz CT molecular complexity index is 699. The van der Waals surface area contributed by atoms with Gasteiger partial charge in [-0.25, -0.2) is 14.3 Å². The number of allylic oxidation sites excluding steroid dienone is 1. The molecule has 6 heteroatoms. The second-order valence-corrected chi connectivity index (χ2v) is 4.21. The molecule has 0 unspecified atom stereocenters. The largest absolute Gasteiger partial charge is 0.354 e. The van der Waals surface area contributed by atoms with Crippen molar-refractivity contribution in [3.63, 3.8) is 0 Å². The van der Waals surface area contributed by atoms with Gasteiger partial charge in [0.15, 0.2) is 5.82 Å². The van der Waals surface area contributed by atoms with Crippen LogP contribution < -0.4 is 10.6 Å². The summed E-state index contributed by atoms with van der Waals surface area (Å²) in [7, 11) is 0. The SMILES string of the molecule is C=CCn1nc2n(c1=O)C(=O)N(c1ccccc1)C2. The minimum atomic E-state index is -0.418. The third-order valence-corrected chi connectivity index (χ3v) is 3.00. The van der Waals surface area contributed by atoms with Gasteiger partial charge in [0.2, 0.25) is 0 Å². The van der Waals surface area contributed by atoms with E-state index in [-0.39, 0.29) is 6.03 Å². The Labute approximate surface area is 109 Å². The average molecular weight is 256 g/mol. The van der Waals surface area contributed by atoms with Crippen molar-refractivity contribution >= 4 is 11.7 Å². The topological polar surface area (TPSA) is 60.1 Å². The van der Waals surface area contributed by atoms with Crippen LogP contribution in [0.2, 0.25) is 0 Å². The number of anilines is 1. The maximum Gasteiger partial charge on any atom is 0.354 e. The van der Waals surface area contributed by atoms with Crippen LogP contribution in [-0.2, 0) is 13.1 Å². The van der Waals surface area contributed by atoms with Gasteiger partial charge in [-0.1, -0.05) is 24.3 Å². The zero-order valence-electron chi connectivity index (χ0n) is 10.2. The molecular formula is C13H12N4O2. The number of aromatic nitrogens is 3. The molecule has 3 rings (SSSR count). The van der Waals surface area contributed by atoms with Crippen molar-refractivity contribution in [2.45, 2.75) is 13.1 Å². The van der Waals surface area contributed by atoms with Crippen molar-refractivity contribution in [3.8, 4) is 0 Å². The van der Waals surface area contributed by atoms with Crippen molar-refractivity contribution in [3.05, 3.63) is 59.3 Å². The number of carbonyl (C=O) groups is 1. The lowest BCUT2D eigenvalue weighted by Crippen LogP contribution is -2.34. The van der Waals surface area contributed by atoms with Gasteiger partial charge >= 0.3 is 11.7 Å². The van der Waals surface area contributed by atoms with E-state index in [1.54, 1.807) is 6.08 Å². The van der Waals surface area contributed by atoms with Crippen molar-refractivity contribution in [1.82, 2.24) is 14.3 Å². The maximum absolute atomic E-state index is 12.2. The van der Waals surface area contributed by atoms with E-state index in [1.165, 1.54) is 9.58 Å². The number of hydrogen-bond donors (Lipinski definition) is 0. The summed E-state index contributed by atoms with van der Waals surface area (Å²) < 4.78 is 2.35. The lowest BCUT2D eigenvalue weighted by Gasteiger charge is -2.14. The number of hydrogen-bond acceptors (Lipinski definition) is 3. The molecule has 0 aliphatic carbocycles. The van der Waals surface area contributed by atoms with Gasteiger partial charge in [0.05, 0.1) is 13.1 Å². The van der Waals surface area contributed by atoms with Gasteiger partial charge in [-0.3, -0.25) is 4.90 Å². The molecule has 1 aliphatic rings. The lowest BCUT2D eigenvalue weighted by molar-refractivity contribution is 0.250. The van der Waals surface area contributed by atoms with E-state index in [2.05, 4.69) is 11.7 Å². The third kappa shape index (κ3) is 1.69. The van der Waals surface area contributed by atoms with E-state index >= 15 is 0 Å². The zero-order valence-corrected chi connectivity index (χ0v) is 10.2. The summed E-state index contributed by atoms with van der Waals surface area (Å²) in [4.78, 5) is 25.8. The summed E-state index contributed by atoms with van der Waals surface area (Å²) in [6.07, 6.45) is 1.57. The van der Waals surface area contributed by atoms with Crippen LogP contribution in [0, 0.1) is 0 Å². The fraction of sp³-hybridized carbons (Fsp3) is 0.154. The molecule has 1 aromatic carbocycles. The Morgan fingerprint density at radius 2 is 2.00 bits per heavy atom. The molecule has 2 heterocycles. The fourth-order valence-corrected chi connectivity index (χ4v) is 2.13. The van der Waals surface area contributed by atoms with Crippen LogP contribution in [0.1, 0.15) is 5.82 Å². The predicted octanol–water partition coefficient (Wildman–Crippen LogP) is 1.22.